The van der Waals surface area contributed by atoms with Gasteiger partial charge in [0.05, 0.1) is 0 Å². The molecule has 0 spiro atoms. The van der Waals surface area contributed by atoms with Gasteiger partial charge in [0.15, 0.2) is 0 Å². The zero-order valence-electron chi connectivity index (χ0n) is 15.0. The summed E-state index contributed by atoms with van der Waals surface area (Å²) in [7, 11) is 0. The molecular formula is C25H24. The van der Waals surface area contributed by atoms with E-state index in [1.54, 1.807) is 0 Å². The van der Waals surface area contributed by atoms with Crippen molar-refractivity contribution < 1.29 is 0 Å². The molecule has 0 saturated carbocycles. The highest BCUT2D eigenvalue weighted by molar-refractivity contribution is 6.09. The summed E-state index contributed by atoms with van der Waals surface area (Å²) in [6.45, 7) is 12.7. The van der Waals surface area contributed by atoms with E-state index in [0.29, 0.717) is 0 Å². The van der Waals surface area contributed by atoms with Gasteiger partial charge in [-0.15, -0.1) is 0 Å². The van der Waals surface area contributed by atoms with Crippen LogP contribution in [0.2, 0.25) is 0 Å². The number of hydrogen-bond acceptors (Lipinski definition) is 0. The fourth-order valence-electron chi connectivity index (χ4n) is 3.50. The molecule has 0 nitrogen and oxygen atoms in total. The summed E-state index contributed by atoms with van der Waals surface area (Å²) >= 11 is 0. The van der Waals surface area contributed by atoms with Crippen LogP contribution in [0.5, 0.6) is 0 Å². The Balaban J connectivity index is 2.57. The van der Waals surface area contributed by atoms with E-state index in [0.717, 1.165) is 12.0 Å². The van der Waals surface area contributed by atoms with Crippen molar-refractivity contribution >= 4 is 28.5 Å². The summed E-state index contributed by atoms with van der Waals surface area (Å²) in [5, 5.41) is 2.51. The zero-order valence-corrected chi connectivity index (χ0v) is 15.0. The second kappa shape index (κ2) is 7.36. The normalized spacial score (nSPS) is 11.1. The van der Waals surface area contributed by atoms with Gasteiger partial charge in [0.25, 0.3) is 0 Å². The Morgan fingerprint density at radius 1 is 0.920 bits per heavy atom. The van der Waals surface area contributed by atoms with Crippen LogP contribution in [0.3, 0.4) is 0 Å². The maximum atomic E-state index is 4.33. The molecule has 0 aliphatic heterocycles. The minimum atomic E-state index is 0.921. The van der Waals surface area contributed by atoms with Crippen molar-refractivity contribution in [3.05, 3.63) is 90.5 Å². The van der Waals surface area contributed by atoms with Crippen LogP contribution in [0.15, 0.2) is 73.8 Å². The maximum Gasteiger partial charge on any atom is -0.00265 e. The molecule has 0 amide bonds. The summed E-state index contributed by atoms with van der Waals surface area (Å²) in [5.74, 6) is 0. The molecule has 25 heavy (non-hydrogen) atoms. The molecule has 0 unspecified atom stereocenters. The van der Waals surface area contributed by atoms with Crippen molar-refractivity contribution in [3.63, 3.8) is 0 Å². The van der Waals surface area contributed by atoms with Crippen LogP contribution in [0.4, 0.5) is 0 Å². The van der Waals surface area contributed by atoms with Crippen molar-refractivity contribution in [1.29, 1.82) is 0 Å². The Bertz CT molecular complexity index is 956. The van der Waals surface area contributed by atoms with Crippen LogP contribution in [-0.2, 0) is 0 Å². The van der Waals surface area contributed by atoms with Crippen LogP contribution in [0.25, 0.3) is 39.6 Å². The Morgan fingerprint density at radius 2 is 1.56 bits per heavy atom. The number of rotatable bonds is 5. The van der Waals surface area contributed by atoms with Gasteiger partial charge in [-0.1, -0.05) is 92.9 Å². The minimum Gasteiger partial charge on any atom is -0.0984 e. The molecule has 0 aromatic heterocycles. The highest BCUT2D eigenvalue weighted by Crippen LogP contribution is 2.41. The molecule has 124 valence electrons. The molecule has 0 radical (unpaired) electrons. The fourth-order valence-corrected chi connectivity index (χ4v) is 3.50. The maximum absolute atomic E-state index is 4.33. The third kappa shape index (κ3) is 2.96. The van der Waals surface area contributed by atoms with Gasteiger partial charge in [-0.2, -0.15) is 0 Å². The van der Waals surface area contributed by atoms with Crippen LogP contribution < -0.4 is 0 Å². The molecule has 0 aliphatic rings. The summed E-state index contributed by atoms with van der Waals surface area (Å²) in [5.41, 5.74) is 7.24. The zero-order chi connectivity index (χ0) is 17.8. The molecule has 0 N–H and O–H groups in total. The van der Waals surface area contributed by atoms with Gasteiger partial charge < -0.3 is 0 Å². The van der Waals surface area contributed by atoms with E-state index in [4.69, 9.17) is 0 Å². The number of benzene rings is 3. The predicted octanol–water partition coefficient (Wildman–Crippen LogP) is 7.61. The number of fused-ring (bicyclic) bond motifs is 1. The highest BCUT2D eigenvalue weighted by Gasteiger charge is 2.18. The molecule has 0 aliphatic carbocycles. The summed E-state index contributed by atoms with van der Waals surface area (Å²) in [6.07, 6.45) is 7.19. The van der Waals surface area contributed by atoms with E-state index < -0.39 is 0 Å². The lowest BCUT2D eigenvalue weighted by molar-refractivity contribution is 1.25. The van der Waals surface area contributed by atoms with Gasteiger partial charge >= 0.3 is 0 Å². The van der Waals surface area contributed by atoms with Gasteiger partial charge in [-0.05, 0) is 57.5 Å². The first-order chi connectivity index (χ1) is 12.2. The van der Waals surface area contributed by atoms with Gasteiger partial charge in [-0.25, -0.2) is 0 Å². The van der Waals surface area contributed by atoms with Crippen molar-refractivity contribution in [3.8, 4) is 11.1 Å². The Kier molecular flexibility index (Phi) is 5.00. The number of allylic oxidation sites excluding steroid dienone is 2. The smallest absolute Gasteiger partial charge is 0.00265 e. The summed E-state index contributed by atoms with van der Waals surface area (Å²) in [6, 6.07) is 19.2. The quantitative estimate of drug-likeness (QED) is 0.453. The highest BCUT2D eigenvalue weighted by atomic mass is 14.2. The van der Waals surface area contributed by atoms with Crippen molar-refractivity contribution in [2.24, 2.45) is 0 Å². The van der Waals surface area contributed by atoms with Crippen molar-refractivity contribution in [2.75, 3.05) is 0 Å². The largest absolute Gasteiger partial charge is 0.0984 e. The van der Waals surface area contributed by atoms with Crippen LogP contribution in [0.1, 0.15) is 37.0 Å². The molecular weight excluding hydrogens is 300 g/mol. The Morgan fingerprint density at radius 3 is 2.16 bits per heavy atom. The molecule has 0 heterocycles. The van der Waals surface area contributed by atoms with Gasteiger partial charge in [0.1, 0.15) is 0 Å². The Labute approximate surface area is 150 Å². The van der Waals surface area contributed by atoms with E-state index in [1.807, 2.05) is 6.08 Å². The van der Waals surface area contributed by atoms with E-state index in [1.165, 1.54) is 38.6 Å². The number of hydrogen-bond donors (Lipinski definition) is 0. The van der Waals surface area contributed by atoms with Crippen molar-refractivity contribution in [2.45, 2.75) is 20.3 Å². The van der Waals surface area contributed by atoms with Crippen LogP contribution in [0, 0.1) is 0 Å². The van der Waals surface area contributed by atoms with Crippen LogP contribution in [-0.4, -0.2) is 0 Å². The third-order valence-corrected chi connectivity index (χ3v) is 4.67. The summed E-state index contributed by atoms with van der Waals surface area (Å²) < 4.78 is 0. The average molecular weight is 324 g/mol. The molecule has 0 saturated heterocycles. The SMILES string of the molecule is C=Cc1c(/C=C\C)c(-c2ccccc2)c2ccccc2c1C(=C)CC. The van der Waals surface area contributed by atoms with Crippen LogP contribution >= 0.6 is 0 Å². The first-order valence-electron chi connectivity index (χ1n) is 8.80. The molecule has 3 aromatic rings. The monoisotopic (exact) mass is 324 g/mol. The molecule has 0 fully saturated rings. The minimum absolute atomic E-state index is 0.921. The molecule has 3 aromatic carbocycles. The predicted molar refractivity (Wildman–Crippen MR) is 114 cm³/mol. The second-order valence-electron chi connectivity index (χ2n) is 6.15. The molecule has 0 heteroatoms. The standard InChI is InChI=1S/C25H24/c1-5-13-21-20(7-3)24(18(4)6-2)22-16-11-12-17-23(22)25(21)19-14-9-8-10-15-19/h5,7-17H,3-4,6H2,1-2H3/b13-5-. The molecule has 0 bridgehead atoms. The lowest BCUT2D eigenvalue weighted by Crippen LogP contribution is -1.98. The Hall–Kier alpha value is -2.86. The lowest BCUT2D eigenvalue weighted by atomic mass is 9.83. The molecule has 3 rings (SSSR count). The third-order valence-electron chi connectivity index (χ3n) is 4.67. The summed E-state index contributed by atoms with van der Waals surface area (Å²) in [4.78, 5) is 0. The lowest BCUT2D eigenvalue weighted by Gasteiger charge is -2.20. The van der Waals surface area contributed by atoms with Gasteiger partial charge in [0, 0.05) is 0 Å². The van der Waals surface area contributed by atoms with Crippen molar-refractivity contribution in [1.82, 2.24) is 0 Å². The fraction of sp³-hybridized carbons (Fsp3) is 0.120. The first kappa shape index (κ1) is 17.0. The van der Waals surface area contributed by atoms with Gasteiger partial charge in [-0.3, -0.25) is 0 Å². The van der Waals surface area contributed by atoms with E-state index in [2.05, 4.69) is 93.8 Å². The van der Waals surface area contributed by atoms with E-state index in [-0.39, 0.29) is 0 Å². The first-order valence-corrected chi connectivity index (χ1v) is 8.80. The van der Waals surface area contributed by atoms with Gasteiger partial charge in [0.2, 0.25) is 0 Å². The topological polar surface area (TPSA) is 0 Å². The average Bonchev–Trinajstić information content (AvgIpc) is 2.67. The van der Waals surface area contributed by atoms with E-state index >= 15 is 0 Å². The molecule has 0 atom stereocenters. The second-order valence-corrected chi connectivity index (χ2v) is 6.15. The van der Waals surface area contributed by atoms with E-state index in [9.17, 15) is 0 Å².